The highest BCUT2D eigenvalue weighted by molar-refractivity contribution is 9.10. The Balaban J connectivity index is 1.50. The van der Waals surface area contributed by atoms with Crippen molar-refractivity contribution in [2.24, 2.45) is 0 Å². The molecule has 4 rings (SSSR count). The van der Waals surface area contributed by atoms with Crippen LogP contribution in [0.15, 0.2) is 82.6 Å². The Morgan fingerprint density at radius 1 is 1.03 bits per heavy atom. The van der Waals surface area contributed by atoms with Gasteiger partial charge in [-0.05, 0) is 35.9 Å². The Bertz CT molecular complexity index is 1160. The van der Waals surface area contributed by atoms with Crippen molar-refractivity contribution in [1.29, 1.82) is 0 Å². The summed E-state index contributed by atoms with van der Waals surface area (Å²) in [5, 5.41) is 6.52. The summed E-state index contributed by atoms with van der Waals surface area (Å²) in [5.41, 5.74) is 4.43. The first-order valence-electron chi connectivity index (χ1n) is 8.93. The van der Waals surface area contributed by atoms with Crippen LogP contribution in [0.25, 0.3) is 21.8 Å². The molecule has 0 radical (unpaired) electrons. The lowest BCUT2D eigenvalue weighted by Gasteiger charge is -2.07. The molecule has 0 bridgehead atoms. The molecule has 0 atom stereocenters. The fraction of sp³-hybridized carbons (Fsp3) is 0.0435. The summed E-state index contributed by atoms with van der Waals surface area (Å²) in [6.45, 7) is 0. The molecule has 0 fully saturated rings. The zero-order valence-corrected chi connectivity index (χ0v) is 18.4. The van der Waals surface area contributed by atoms with Crippen LogP contribution in [-0.2, 0) is 11.2 Å². The molecule has 3 nitrogen and oxygen atoms in total. The van der Waals surface area contributed by atoms with E-state index in [0.29, 0.717) is 11.4 Å². The number of carbonyl (C=O) groups excluding carboxylic acids is 1. The van der Waals surface area contributed by atoms with Crippen molar-refractivity contribution in [2.75, 3.05) is 5.32 Å². The van der Waals surface area contributed by atoms with E-state index in [2.05, 4.69) is 21.2 Å². The molecule has 144 valence electrons. The number of anilines is 1. The summed E-state index contributed by atoms with van der Waals surface area (Å²) in [5.74, 6) is -0.0560. The van der Waals surface area contributed by atoms with E-state index in [1.165, 1.54) is 0 Å². The van der Waals surface area contributed by atoms with E-state index < -0.39 is 0 Å². The van der Waals surface area contributed by atoms with Crippen molar-refractivity contribution in [2.45, 2.75) is 6.42 Å². The van der Waals surface area contributed by atoms with Crippen molar-refractivity contribution < 1.29 is 4.79 Å². The summed E-state index contributed by atoms with van der Waals surface area (Å²) >= 11 is 11.2. The maximum Gasteiger partial charge on any atom is 0.228 e. The molecule has 1 amide bonds. The number of benzene rings is 3. The predicted octanol–water partition coefficient (Wildman–Crippen LogP) is 7.07. The molecule has 1 N–H and O–H groups in total. The Labute approximate surface area is 186 Å². The molecule has 29 heavy (non-hydrogen) atoms. The molecular weight excluding hydrogens is 468 g/mol. The molecule has 3 aromatic carbocycles. The van der Waals surface area contributed by atoms with Gasteiger partial charge in [0.05, 0.1) is 17.1 Å². The molecule has 0 saturated heterocycles. The van der Waals surface area contributed by atoms with Crippen molar-refractivity contribution in [3.05, 3.63) is 93.2 Å². The number of carbonyl (C=O) groups is 1. The average molecular weight is 484 g/mol. The number of nitrogens with one attached hydrogen (secondary N) is 1. The van der Waals surface area contributed by atoms with Crippen LogP contribution in [0.1, 0.15) is 5.56 Å². The van der Waals surface area contributed by atoms with Gasteiger partial charge in [-0.2, -0.15) is 0 Å². The van der Waals surface area contributed by atoms with Gasteiger partial charge in [0.15, 0.2) is 0 Å². The fourth-order valence-corrected chi connectivity index (χ4v) is 4.33. The lowest BCUT2D eigenvalue weighted by molar-refractivity contribution is -0.115. The molecule has 0 aliphatic rings. The Morgan fingerprint density at radius 2 is 1.83 bits per heavy atom. The average Bonchev–Trinajstić information content (AvgIpc) is 3.20. The highest BCUT2D eigenvalue weighted by Gasteiger charge is 2.11. The van der Waals surface area contributed by atoms with Gasteiger partial charge >= 0.3 is 0 Å². The molecule has 1 aromatic heterocycles. The second-order valence-corrected chi connectivity index (χ2v) is 8.63. The molecular formula is C23H16BrClN2OS. The number of amides is 1. The van der Waals surface area contributed by atoms with Crippen molar-refractivity contribution in [3.63, 3.8) is 0 Å². The number of halogens is 2. The quantitative estimate of drug-likeness (QED) is 0.330. The molecule has 0 unspecified atom stereocenters. The number of aromatic nitrogens is 1. The minimum absolute atomic E-state index is 0.0560. The van der Waals surface area contributed by atoms with Gasteiger partial charge < -0.3 is 5.32 Å². The second kappa shape index (κ2) is 8.91. The Hall–Kier alpha value is -2.47. The van der Waals surface area contributed by atoms with Crippen LogP contribution in [0.5, 0.6) is 0 Å². The highest BCUT2D eigenvalue weighted by atomic mass is 79.9. The predicted molar refractivity (Wildman–Crippen MR) is 124 cm³/mol. The molecule has 6 heteroatoms. The van der Waals surface area contributed by atoms with Gasteiger partial charge in [0.2, 0.25) is 5.91 Å². The van der Waals surface area contributed by atoms with E-state index in [-0.39, 0.29) is 5.91 Å². The standard InChI is InChI=1S/C23H16BrClN2OS/c24-17-10-8-15(9-11-17)12-22(28)26-18-5-3-4-16(13-18)21-14-29-23(27-21)19-6-1-2-7-20(19)25/h1-11,13-14H,12H2,(H,26,28). The third-order valence-electron chi connectivity index (χ3n) is 4.33. The van der Waals surface area contributed by atoms with Crippen LogP contribution in [-0.4, -0.2) is 10.9 Å². The minimum atomic E-state index is -0.0560. The third kappa shape index (κ3) is 4.93. The van der Waals surface area contributed by atoms with Gasteiger partial charge in [-0.25, -0.2) is 4.98 Å². The second-order valence-electron chi connectivity index (χ2n) is 6.45. The first-order valence-corrected chi connectivity index (χ1v) is 11.0. The van der Waals surface area contributed by atoms with Crippen molar-refractivity contribution in [3.8, 4) is 21.8 Å². The number of thiazole rings is 1. The third-order valence-corrected chi connectivity index (χ3v) is 6.06. The van der Waals surface area contributed by atoms with Gasteiger partial charge in [-0.3, -0.25) is 4.79 Å². The number of rotatable bonds is 5. The normalized spacial score (nSPS) is 10.7. The summed E-state index contributed by atoms with van der Waals surface area (Å²) in [4.78, 5) is 17.1. The van der Waals surface area contributed by atoms with Gasteiger partial charge in [-0.15, -0.1) is 11.3 Å². The highest BCUT2D eigenvalue weighted by Crippen LogP contribution is 2.33. The monoisotopic (exact) mass is 482 g/mol. The largest absolute Gasteiger partial charge is 0.326 e. The van der Waals surface area contributed by atoms with Crippen LogP contribution < -0.4 is 5.32 Å². The van der Waals surface area contributed by atoms with Gasteiger partial charge in [0.25, 0.3) is 0 Å². The first-order chi connectivity index (χ1) is 14.1. The number of hydrogen-bond acceptors (Lipinski definition) is 3. The van der Waals surface area contributed by atoms with E-state index in [1.54, 1.807) is 11.3 Å². The summed E-state index contributed by atoms with van der Waals surface area (Å²) in [6, 6.07) is 23.1. The molecule has 4 aromatic rings. The first kappa shape index (κ1) is 19.8. The van der Waals surface area contributed by atoms with E-state index in [9.17, 15) is 4.79 Å². The van der Waals surface area contributed by atoms with Crippen LogP contribution in [0.3, 0.4) is 0 Å². The van der Waals surface area contributed by atoms with Gasteiger partial charge in [0, 0.05) is 26.7 Å². The molecule has 0 aliphatic heterocycles. The van der Waals surface area contributed by atoms with E-state index in [4.69, 9.17) is 16.6 Å². The zero-order chi connectivity index (χ0) is 20.2. The SMILES string of the molecule is O=C(Cc1ccc(Br)cc1)Nc1cccc(-c2csc(-c3ccccc3Cl)n2)c1. The molecule has 1 heterocycles. The minimum Gasteiger partial charge on any atom is -0.326 e. The van der Waals surface area contributed by atoms with Crippen molar-refractivity contribution in [1.82, 2.24) is 4.98 Å². The van der Waals surface area contributed by atoms with Crippen LogP contribution in [0.2, 0.25) is 5.02 Å². The van der Waals surface area contributed by atoms with Gasteiger partial charge in [0.1, 0.15) is 5.01 Å². The zero-order valence-electron chi connectivity index (χ0n) is 15.2. The fourth-order valence-electron chi connectivity index (χ4n) is 2.91. The van der Waals surface area contributed by atoms with Crippen LogP contribution in [0, 0.1) is 0 Å². The lowest BCUT2D eigenvalue weighted by Crippen LogP contribution is -2.14. The summed E-state index contributed by atoms with van der Waals surface area (Å²) < 4.78 is 0.994. The lowest BCUT2D eigenvalue weighted by atomic mass is 10.1. The van der Waals surface area contributed by atoms with E-state index in [1.807, 2.05) is 78.2 Å². The topological polar surface area (TPSA) is 42.0 Å². The van der Waals surface area contributed by atoms with E-state index >= 15 is 0 Å². The number of nitrogens with zero attached hydrogens (tertiary/aromatic N) is 1. The summed E-state index contributed by atoms with van der Waals surface area (Å²) in [7, 11) is 0. The maximum absolute atomic E-state index is 12.4. The van der Waals surface area contributed by atoms with Crippen molar-refractivity contribution >= 4 is 50.5 Å². The maximum atomic E-state index is 12.4. The molecule has 0 aliphatic carbocycles. The van der Waals surface area contributed by atoms with Gasteiger partial charge in [-0.1, -0.05) is 70.0 Å². The number of hydrogen-bond donors (Lipinski definition) is 1. The van der Waals surface area contributed by atoms with Crippen LogP contribution >= 0.6 is 38.9 Å². The molecule has 0 spiro atoms. The molecule has 0 saturated carbocycles. The van der Waals surface area contributed by atoms with E-state index in [0.717, 1.165) is 37.6 Å². The summed E-state index contributed by atoms with van der Waals surface area (Å²) in [6.07, 6.45) is 0.324. The Morgan fingerprint density at radius 3 is 2.62 bits per heavy atom. The Kier molecular flexibility index (Phi) is 6.09. The van der Waals surface area contributed by atoms with Crippen LogP contribution in [0.4, 0.5) is 5.69 Å². The smallest absolute Gasteiger partial charge is 0.228 e.